The summed E-state index contributed by atoms with van der Waals surface area (Å²) in [4.78, 5) is 0. The van der Waals surface area contributed by atoms with E-state index in [1.807, 2.05) is 0 Å². The number of aliphatic hydroxyl groups is 1. The van der Waals surface area contributed by atoms with Gasteiger partial charge in [-0.05, 0) is 43.6 Å². The summed E-state index contributed by atoms with van der Waals surface area (Å²) in [7, 11) is 0. The van der Waals surface area contributed by atoms with Crippen LogP contribution in [0.4, 0.5) is 0 Å². The fourth-order valence-corrected chi connectivity index (χ4v) is 4.06. The molecule has 0 amide bonds. The molecule has 1 saturated carbocycles. The lowest BCUT2D eigenvalue weighted by Crippen LogP contribution is -2.60. The molecule has 3 unspecified atom stereocenters. The maximum absolute atomic E-state index is 11.2. The maximum Gasteiger partial charge on any atom is 0.0832 e. The fraction of sp³-hybridized carbons (Fsp3) is 1.00. The summed E-state index contributed by atoms with van der Waals surface area (Å²) in [6.07, 6.45) is 8.37. The van der Waals surface area contributed by atoms with Gasteiger partial charge in [0.1, 0.15) is 0 Å². The van der Waals surface area contributed by atoms with Crippen molar-refractivity contribution in [1.29, 1.82) is 0 Å². The Hall–Kier alpha value is -0.0800. The van der Waals surface area contributed by atoms with Crippen molar-refractivity contribution in [3.63, 3.8) is 0 Å². The Balaban J connectivity index is 2.17. The first-order valence-corrected chi connectivity index (χ1v) is 7.40. The third-order valence-electron chi connectivity index (χ3n) is 4.88. The molecule has 2 aliphatic rings. The van der Waals surface area contributed by atoms with Gasteiger partial charge in [-0.3, -0.25) is 0 Å². The van der Waals surface area contributed by atoms with E-state index in [-0.39, 0.29) is 5.41 Å². The first kappa shape index (κ1) is 13.4. The van der Waals surface area contributed by atoms with E-state index in [1.54, 1.807) is 0 Å². The molecule has 0 aromatic heterocycles. The second-order valence-corrected chi connectivity index (χ2v) is 7.16. The molecule has 2 fully saturated rings. The molecule has 0 radical (unpaired) electrons. The lowest BCUT2D eigenvalue weighted by atomic mass is 9.60. The van der Waals surface area contributed by atoms with Gasteiger partial charge in [0.15, 0.2) is 0 Å². The standard InChI is InChI=1S/C15H29NO/c1-14(2,3)12-8-4-6-10-15(12,17)13-9-5-7-11-16-13/h12-13,16-17H,4-11H2,1-3H3. The van der Waals surface area contributed by atoms with Gasteiger partial charge >= 0.3 is 0 Å². The summed E-state index contributed by atoms with van der Waals surface area (Å²) < 4.78 is 0. The second kappa shape index (κ2) is 4.89. The largest absolute Gasteiger partial charge is 0.388 e. The third-order valence-corrected chi connectivity index (χ3v) is 4.88. The minimum Gasteiger partial charge on any atom is -0.388 e. The molecule has 3 atom stereocenters. The molecule has 0 spiro atoms. The topological polar surface area (TPSA) is 32.3 Å². The van der Waals surface area contributed by atoms with Crippen LogP contribution in [0.1, 0.15) is 65.7 Å². The zero-order valence-corrected chi connectivity index (χ0v) is 11.8. The van der Waals surface area contributed by atoms with E-state index in [0.717, 1.165) is 19.4 Å². The van der Waals surface area contributed by atoms with Gasteiger partial charge in [0.2, 0.25) is 0 Å². The molecule has 2 heteroatoms. The Morgan fingerprint density at radius 3 is 2.35 bits per heavy atom. The molecule has 2 N–H and O–H groups in total. The molecular weight excluding hydrogens is 210 g/mol. The van der Waals surface area contributed by atoms with Gasteiger partial charge in [0, 0.05) is 6.04 Å². The number of piperidine rings is 1. The number of hydrogen-bond donors (Lipinski definition) is 2. The first-order chi connectivity index (χ1) is 7.94. The number of nitrogens with one attached hydrogen (secondary N) is 1. The van der Waals surface area contributed by atoms with E-state index < -0.39 is 5.60 Å². The molecule has 0 bridgehead atoms. The van der Waals surface area contributed by atoms with Crippen LogP contribution in [-0.4, -0.2) is 23.3 Å². The highest BCUT2D eigenvalue weighted by Crippen LogP contribution is 2.47. The van der Waals surface area contributed by atoms with Crippen LogP contribution in [0.5, 0.6) is 0 Å². The van der Waals surface area contributed by atoms with Gasteiger partial charge in [-0.25, -0.2) is 0 Å². The first-order valence-electron chi connectivity index (χ1n) is 7.40. The van der Waals surface area contributed by atoms with Crippen LogP contribution in [0.25, 0.3) is 0 Å². The van der Waals surface area contributed by atoms with Crippen molar-refractivity contribution < 1.29 is 5.11 Å². The van der Waals surface area contributed by atoms with E-state index in [9.17, 15) is 5.11 Å². The average molecular weight is 239 g/mol. The Labute approximate surface area is 106 Å². The van der Waals surface area contributed by atoms with Gasteiger partial charge in [-0.15, -0.1) is 0 Å². The van der Waals surface area contributed by atoms with Crippen molar-refractivity contribution >= 4 is 0 Å². The SMILES string of the molecule is CC(C)(C)C1CCCCC1(O)C1CCCCN1. The Kier molecular flexibility index (Phi) is 3.84. The molecule has 2 nitrogen and oxygen atoms in total. The molecule has 17 heavy (non-hydrogen) atoms. The summed E-state index contributed by atoms with van der Waals surface area (Å²) in [5.74, 6) is 0.444. The number of hydrogen-bond acceptors (Lipinski definition) is 2. The molecule has 1 heterocycles. The van der Waals surface area contributed by atoms with Crippen molar-refractivity contribution in [3.8, 4) is 0 Å². The quantitative estimate of drug-likeness (QED) is 0.737. The Morgan fingerprint density at radius 2 is 1.76 bits per heavy atom. The van der Waals surface area contributed by atoms with Gasteiger partial charge in [-0.1, -0.05) is 40.0 Å². The summed E-state index contributed by atoms with van der Waals surface area (Å²) in [5, 5.41) is 14.8. The third kappa shape index (κ3) is 2.68. The van der Waals surface area contributed by atoms with Crippen molar-refractivity contribution in [1.82, 2.24) is 5.32 Å². The highest BCUT2D eigenvalue weighted by molar-refractivity contribution is 5.03. The Morgan fingerprint density at radius 1 is 1.06 bits per heavy atom. The van der Waals surface area contributed by atoms with Crippen LogP contribution in [0, 0.1) is 11.3 Å². The van der Waals surface area contributed by atoms with Gasteiger partial charge < -0.3 is 10.4 Å². The van der Waals surface area contributed by atoms with E-state index in [0.29, 0.717) is 12.0 Å². The van der Waals surface area contributed by atoms with Crippen LogP contribution in [0.15, 0.2) is 0 Å². The molecule has 2 rings (SSSR count). The molecule has 100 valence electrons. The minimum absolute atomic E-state index is 0.217. The molecule has 1 aliphatic heterocycles. The minimum atomic E-state index is -0.461. The van der Waals surface area contributed by atoms with Crippen LogP contribution >= 0.6 is 0 Å². The van der Waals surface area contributed by atoms with Crippen molar-refractivity contribution in [2.75, 3.05) is 6.54 Å². The van der Waals surface area contributed by atoms with Crippen LogP contribution in [0.3, 0.4) is 0 Å². The van der Waals surface area contributed by atoms with Crippen LogP contribution < -0.4 is 5.32 Å². The summed E-state index contributed by atoms with van der Waals surface area (Å²) in [5.41, 5.74) is -0.245. The summed E-state index contributed by atoms with van der Waals surface area (Å²) in [6, 6.07) is 0.334. The second-order valence-electron chi connectivity index (χ2n) is 7.16. The van der Waals surface area contributed by atoms with Gasteiger partial charge in [-0.2, -0.15) is 0 Å². The van der Waals surface area contributed by atoms with Gasteiger partial charge in [0.25, 0.3) is 0 Å². The van der Waals surface area contributed by atoms with E-state index in [2.05, 4.69) is 26.1 Å². The molecular formula is C15H29NO. The highest BCUT2D eigenvalue weighted by atomic mass is 16.3. The smallest absolute Gasteiger partial charge is 0.0832 e. The lowest BCUT2D eigenvalue weighted by molar-refractivity contribution is -0.118. The Bertz CT molecular complexity index is 252. The van der Waals surface area contributed by atoms with Crippen molar-refractivity contribution in [2.45, 2.75) is 77.4 Å². The average Bonchev–Trinajstić information content (AvgIpc) is 2.29. The summed E-state index contributed by atoms with van der Waals surface area (Å²) in [6.45, 7) is 7.95. The monoisotopic (exact) mass is 239 g/mol. The van der Waals surface area contributed by atoms with Crippen LogP contribution in [0.2, 0.25) is 0 Å². The van der Waals surface area contributed by atoms with E-state index in [4.69, 9.17) is 0 Å². The zero-order valence-electron chi connectivity index (χ0n) is 11.8. The van der Waals surface area contributed by atoms with Crippen LogP contribution in [-0.2, 0) is 0 Å². The summed E-state index contributed by atoms with van der Waals surface area (Å²) >= 11 is 0. The number of rotatable bonds is 1. The highest BCUT2D eigenvalue weighted by Gasteiger charge is 2.49. The van der Waals surface area contributed by atoms with Crippen molar-refractivity contribution in [3.05, 3.63) is 0 Å². The molecule has 1 saturated heterocycles. The van der Waals surface area contributed by atoms with Crippen molar-refractivity contribution in [2.24, 2.45) is 11.3 Å². The zero-order chi connectivity index (χ0) is 12.5. The van der Waals surface area contributed by atoms with E-state index in [1.165, 1.54) is 32.1 Å². The van der Waals surface area contributed by atoms with Gasteiger partial charge in [0.05, 0.1) is 5.60 Å². The predicted molar refractivity (Wildman–Crippen MR) is 72.0 cm³/mol. The molecule has 0 aromatic carbocycles. The molecule has 1 aliphatic carbocycles. The normalized spacial score (nSPS) is 40.2. The van der Waals surface area contributed by atoms with E-state index >= 15 is 0 Å². The lowest BCUT2D eigenvalue weighted by Gasteiger charge is -2.51. The molecule has 0 aromatic rings. The fourth-order valence-electron chi connectivity index (χ4n) is 4.06. The maximum atomic E-state index is 11.2. The predicted octanol–water partition coefficient (Wildman–Crippen LogP) is 3.10.